The molecule has 172 valence electrons. The van der Waals surface area contributed by atoms with Crippen molar-refractivity contribution in [1.29, 1.82) is 0 Å². The number of amides is 2. The van der Waals surface area contributed by atoms with Crippen molar-refractivity contribution < 1.29 is 22.8 Å². The van der Waals surface area contributed by atoms with Crippen LogP contribution < -0.4 is 15.5 Å². The van der Waals surface area contributed by atoms with Crippen LogP contribution in [0.4, 0.5) is 18.9 Å². The van der Waals surface area contributed by atoms with Crippen LogP contribution in [-0.4, -0.2) is 37.0 Å². The van der Waals surface area contributed by atoms with Crippen molar-refractivity contribution in [1.82, 2.24) is 10.6 Å². The number of piperidine rings is 1. The molecule has 0 aromatic heterocycles. The SMILES string of the molecule is Cc1ccc(F)c(N2CCCC(NC(=O)C(NC(=O)c3c(F)cccc3F)C(C)C)C2)c1. The molecule has 2 aromatic carbocycles. The van der Waals surface area contributed by atoms with Gasteiger partial charge < -0.3 is 15.5 Å². The standard InChI is InChI=1S/C24H28F3N3O2/c1-14(2)22(29-23(31)21-18(26)7-4-8-19(21)27)24(32)28-16-6-5-11-30(13-16)20-12-15(3)9-10-17(20)25/h4,7-10,12,14,16,22H,5-6,11,13H2,1-3H3,(H,28,32)(H,29,31). The van der Waals surface area contributed by atoms with Gasteiger partial charge in [0, 0.05) is 19.1 Å². The minimum Gasteiger partial charge on any atom is -0.367 e. The summed E-state index contributed by atoms with van der Waals surface area (Å²) in [7, 11) is 0. The number of halogens is 3. The van der Waals surface area contributed by atoms with Gasteiger partial charge in [-0.25, -0.2) is 13.2 Å². The van der Waals surface area contributed by atoms with Crippen LogP contribution in [0.5, 0.6) is 0 Å². The highest BCUT2D eigenvalue weighted by molar-refractivity contribution is 5.98. The van der Waals surface area contributed by atoms with E-state index in [0.717, 1.165) is 24.1 Å². The predicted molar refractivity (Wildman–Crippen MR) is 117 cm³/mol. The van der Waals surface area contributed by atoms with Gasteiger partial charge in [0.1, 0.15) is 29.1 Å². The summed E-state index contributed by atoms with van der Waals surface area (Å²) in [4.78, 5) is 27.3. The van der Waals surface area contributed by atoms with E-state index in [-0.39, 0.29) is 17.8 Å². The molecule has 32 heavy (non-hydrogen) atoms. The molecular formula is C24H28F3N3O2. The molecule has 3 rings (SSSR count). The summed E-state index contributed by atoms with van der Waals surface area (Å²) in [5.74, 6) is -4.05. The van der Waals surface area contributed by atoms with E-state index in [9.17, 15) is 22.8 Å². The van der Waals surface area contributed by atoms with Gasteiger partial charge in [0.15, 0.2) is 0 Å². The van der Waals surface area contributed by atoms with E-state index >= 15 is 0 Å². The normalized spacial score (nSPS) is 17.2. The highest BCUT2D eigenvalue weighted by atomic mass is 19.1. The zero-order valence-electron chi connectivity index (χ0n) is 18.4. The highest BCUT2D eigenvalue weighted by Gasteiger charge is 2.30. The second kappa shape index (κ2) is 10.1. The maximum Gasteiger partial charge on any atom is 0.257 e. The number of hydrogen-bond donors (Lipinski definition) is 2. The molecule has 0 spiro atoms. The summed E-state index contributed by atoms with van der Waals surface area (Å²) in [5, 5.41) is 5.37. The number of anilines is 1. The van der Waals surface area contributed by atoms with Crippen molar-refractivity contribution in [2.45, 2.75) is 45.7 Å². The number of nitrogens with zero attached hydrogens (tertiary/aromatic N) is 1. The van der Waals surface area contributed by atoms with E-state index in [1.165, 1.54) is 12.1 Å². The van der Waals surface area contributed by atoms with Crippen molar-refractivity contribution in [3.05, 3.63) is 65.0 Å². The van der Waals surface area contributed by atoms with E-state index in [2.05, 4.69) is 10.6 Å². The van der Waals surface area contributed by atoms with E-state index in [4.69, 9.17) is 0 Å². The van der Waals surface area contributed by atoms with Gasteiger partial charge in [-0.15, -0.1) is 0 Å². The van der Waals surface area contributed by atoms with Crippen LogP contribution in [0.1, 0.15) is 42.6 Å². The molecule has 2 amide bonds. The Labute approximate surface area is 186 Å². The molecule has 1 fully saturated rings. The number of aryl methyl sites for hydroxylation is 1. The number of nitrogens with one attached hydrogen (secondary N) is 2. The first-order valence-electron chi connectivity index (χ1n) is 10.7. The van der Waals surface area contributed by atoms with Gasteiger partial charge in [-0.05, 0) is 55.5 Å². The van der Waals surface area contributed by atoms with Gasteiger partial charge in [-0.2, -0.15) is 0 Å². The topological polar surface area (TPSA) is 61.4 Å². The summed E-state index contributed by atoms with van der Waals surface area (Å²) >= 11 is 0. The third-order valence-corrected chi connectivity index (χ3v) is 5.64. The lowest BCUT2D eigenvalue weighted by Gasteiger charge is -2.36. The van der Waals surface area contributed by atoms with Crippen molar-refractivity contribution in [2.24, 2.45) is 5.92 Å². The van der Waals surface area contributed by atoms with E-state index in [1.54, 1.807) is 26.0 Å². The Morgan fingerprint density at radius 1 is 1.06 bits per heavy atom. The van der Waals surface area contributed by atoms with Crippen LogP contribution in [0.3, 0.4) is 0 Å². The van der Waals surface area contributed by atoms with Crippen LogP contribution in [0, 0.1) is 30.3 Å². The molecule has 1 heterocycles. The van der Waals surface area contributed by atoms with Crippen molar-refractivity contribution in [2.75, 3.05) is 18.0 Å². The molecule has 2 unspecified atom stereocenters. The molecule has 2 aromatic rings. The lowest BCUT2D eigenvalue weighted by molar-refractivity contribution is -0.124. The minimum atomic E-state index is -0.992. The lowest BCUT2D eigenvalue weighted by Crippen LogP contribution is -2.55. The second-order valence-corrected chi connectivity index (χ2v) is 8.54. The Morgan fingerprint density at radius 3 is 2.41 bits per heavy atom. The highest BCUT2D eigenvalue weighted by Crippen LogP contribution is 2.24. The number of carbonyl (C=O) groups excluding carboxylic acids is 2. The Balaban J connectivity index is 1.69. The van der Waals surface area contributed by atoms with Crippen LogP contribution in [0.25, 0.3) is 0 Å². The quantitative estimate of drug-likeness (QED) is 0.705. The van der Waals surface area contributed by atoms with Crippen molar-refractivity contribution in [3.63, 3.8) is 0 Å². The van der Waals surface area contributed by atoms with Gasteiger partial charge in [0.05, 0.1) is 5.69 Å². The van der Waals surface area contributed by atoms with Crippen LogP contribution in [0.15, 0.2) is 36.4 Å². The molecule has 0 saturated carbocycles. The molecular weight excluding hydrogens is 419 g/mol. The third kappa shape index (κ3) is 5.41. The molecule has 8 heteroatoms. The first kappa shape index (κ1) is 23.6. The zero-order chi connectivity index (χ0) is 23.4. The van der Waals surface area contributed by atoms with E-state index in [0.29, 0.717) is 25.2 Å². The summed E-state index contributed by atoms with van der Waals surface area (Å²) in [5.41, 5.74) is 0.716. The molecule has 5 nitrogen and oxygen atoms in total. The summed E-state index contributed by atoms with van der Waals surface area (Å²) < 4.78 is 42.2. The zero-order valence-corrected chi connectivity index (χ0v) is 18.4. The maximum atomic E-state index is 14.3. The van der Waals surface area contributed by atoms with E-state index in [1.807, 2.05) is 11.8 Å². The minimum absolute atomic E-state index is 0.250. The van der Waals surface area contributed by atoms with Gasteiger partial charge in [-0.3, -0.25) is 9.59 Å². The second-order valence-electron chi connectivity index (χ2n) is 8.54. The smallest absolute Gasteiger partial charge is 0.257 e. The third-order valence-electron chi connectivity index (χ3n) is 5.64. The molecule has 0 aliphatic carbocycles. The monoisotopic (exact) mass is 447 g/mol. The molecule has 0 bridgehead atoms. The maximum absolute atomic E-state index is 14.3. The Morgan fingerprint density at radius 2 is 1.75 bits per heavy atom. The summed E-state index contributed by atoms with van der Waals surface area (Å²) in [6.45, 7) is 6.45. The van der Waals surface area contributed by atoms with Crippen LogP contribution in [0.2, 0.25) is 0 Å². The fourth-order valence-electron chi connectivity index (χ4n) is 3.93. The molecule has 2 atom stereocenters. The van der Waals surface area contributed by atoms with Crippen LogP contribution in [-0.2, 0) is 4.79 Å². The fraction of sp³-hybridized carbons (Fsp3) is 0.417. The number of hydrogen-bond acceptors (Lipinski definition) is 3. The van der Waals surface area contributed by atoms with Gasteiger partial charge in [-0.1, -0.05) is 26.0 Å². The molecule has 2 N–H and O–H groups in total. The fourth-order valence-corrected chi connectivity index (χ4v) is 3.93. The number of rotatable bonds is 6. The predicted octanol–water partition coefficient (Wildman–Crippen LogP) is 3.95. The first-order valence-corrected chi connectivity index (χ1v) is 10.7. The molecule has 1 aliphatic rings. The Kier molecular flexibility index (Phi) is 7.43. The van der Waals surface area contributed by atoms with E-state index < -0.39 is 35.1 Å². The van der Waals surface area contributed by atoms with Gasteiger partial charge in [0.25, 0.3) is 5.91 Å². The lowest BCUT2D eigenvalue weighted by atomic mass is 10.00. The Bertz CT molecular complexity index is 976. The number of benzene rings is 2. The van der Waals surface area contributed by atoms with Gasteiger partial charge >= 0.3 is 0 Å². The largest absolute Gasteiger partial charge is 0.367 e. The summed E-state index contributed by atoms with van der Waals surface area (Å²) in [6, 6.07) is 6.83. The summed E-state index contributed by atoms with van der Waals surface area (Å²) in [6.07, 6.45) is 1.47. The van der Waals surface area contributed by atoms with Crippen molar-refractivity contribution in [3.8, 4) is 0 Å². The molecule has 1 aliphatic heterocycles. The van der Waals surface area contributed by atoms with Crippen LogP contribution >= 0.6 is 0 Å². The average Bonchev–Trinajstić information content (AvgIpc) is 2.73. The van der Waals surface area contributed by atoms with Gasteiger partial charge in [0.2, 0.25) is 5.91 Å². The average molecular weight is 448 g/mol. The molecule has 1 saturated heterocycles. The first-order chi connectivity index (χ1) is 15.2. The Hall–Kier alpha value is -3.03. The number of carbonyl (C=O) groups is 2. The molecule has 0 radical (unpaired) electrons. The van der Waals surface area contributed by atoms with Crippen molar-refractivity contribution >= 4 is 17.5 Å².